The van der Waals surface area contributed by atoms with E-state index < -0.39 is 0 Å². The topological polar surface area (TPSA) is 67.9 Å². The average Bonchev–Trinajstić information content (AvgIpc) is 3.19. The van der Waals surface area contributed by atoms with Gasteiger partial charge in [0.1, 0.15) is 12.0 Å². The number of carbonyl (C=O) groups is 1. The van der Waals surface area contributed by atoms with Gasteiger partial charge in [0.2, 0.25) is 0 Å². The third-order valence-electron chi connectivity index (χ3n) is 3.70. The highest BCUT2D eigenvalue weighted by molar-refractivity contribution is 7.17. The van der Waals surface area contributed by atoms with Gasteiger partial charge < -0.3 is 9.72 Å². The summed E-state index contributed by atoms with van der Waals surface area (Å²) in [5.74, 6) is -0.366. The second-order valence-corrected chi connectivity index (χ2v) is 5.93. The molecule has 0 aliphatic rings. The van der Waals surface area contributed by atoms with E-state index in [4.69, 9.17) is 4.74 Å². The smallest absolute Gasteiger partial charge is 0.340 e. The van der Waals surface area contributed by atoms with Crippen molar-refractivity contribution in [1.29, 1.82) is 0 Å². The van der Waals surface area contributed by atoms with Gasteiger partial charge in [-0.3, -0.25) is 0 Å². The van der Waals surface area contributed by atoms with Crippen LogP contribution in [0.2, 0.25) is 0 Å². The molecule has 0 radical (unpaired) electrons. The number of H-pyrrole nitrogens is 1. The Kier molecular flexibility index (Phi) is 3.31. The van der Waals surface area contributed by atoms with Crippen molar-refractivity contribution in [3.8, 4) is 11.3 Å². The van der Waals surface area contributed by atoms with Crippen LogP contribution in [0.4, 0.5) is 0 Å². The summed E-state index contributed by atoms with van der Waals surface area (Å²) < 4.78 is 6.33. The van der Waals surface area contributed by atoms with Crippen molar-refractivity contribution in [2.45, 2.75) is 6.92 Å². The standard InChI is InChI=1S/C17H13N3O2S/c1-2-22-17(21)11-7-18-16-14(11)15(19-9-20-16)12-8-23-13-6-4-3-5-10(12)13/h3-9H,2H2,1H3,(H,18,19,20). The predicted molar refractivity (Wildman–Crippen MR) is 90.7 cm³/mol. The Bertz CT molecular complexity index is 1020. The zero-order chi connectivity index (χ0) is 15.8. The highest BCUT2D eigenvalue weighted by Gasteiger charge is 2.20. The molecule has 0 spiro atoms. The molecule has 0 aliphatic heterocycles. The summed E-state index contributed by atoms with van der Waals surface area (Å²) in [4.78, 5) is 23.9. The quantitative estimate of drug-likeness (QED) is 0.578. The van der Waals surface area contributed by atoms with Crippen LogP contribution in [0.3, 0.4) is 0 Å². The van der Waals surface area contributed by atoms with Crippen LogP contribution < -0.4 is 0 Å². The van der Waals surface area contributed by atoms with Gasteiger partial charge in [0.05, 0.1) is 23.3 Å². The van der Waals surface area contributed by atoms with Crippen LogP contribution in [0, 0.1) is 0 Å². The van der Waals surface area contributed by atoms with Crippen LogP contribution in [-0.4, -0.2) is 27.5 Å². The summed E-state index contributed by atoms with van der Waals surface area (Å²) in [6.45, 7) is 2.12. The molecule has 23 heavy (non-hydrogen) atoms. The predicted octanol–water partition coefficient (Wildman–Crippen LogP) is 4.02. The summed E-state index contributed by atoms with van der Waals surface area (Å²) in [5, 5.41) is 3.89. The monoisotopic (exact) mass is 323 g/mol. The van der Waals surface area contributed by atoms with Gasteiger partial charge in [0, 0.05) is 27.2 Å². The fourth-order valence-corrected chi connectivity index (χ4v) is 3.64. The SMILES string of the molecule is CCOC(=O)c1c[nH]c2ncnc(-c3csc4ccccc34)c12. The Morgan fingerprint density at radius 2 is 2.17 bits per heavy atom. The highest BCUT2D eigenvalue weighted by atomic mass is 32.1. The van der Waals surface area contributed by atoms with E-state index in [1.165, 1.54) is 11.0 Å². The van der Waals surface area contributed by atoms with Crippen molar-refractivity contribution in [2.75, 3.05) is 6.61 Å². The van der Waals surface area contributed by atoms with Crippen molar-refractivity contribution < 1.29 is 9.53 Å². The first-order chi connectivity index (χ1) is 11.3. The molecule has 3 heterocycles. The van der Waals surface area contributed by atoms with Crippen LogP contribution in [-0.2, 0) is 4.74 Å². The number of benzene rings is 1. The van der Waals surface area contributed by atoms with E-state index in [2.05, 4.69) is 32.5 Å². The Balaban J connectivity index is 2.00. The Labute approximate surface area is 136 Å². The van der Waals surface area contributed by atoms with Crippen molar-refractivity contribution in [3.63, 3.8) is 0 Å². The summed E-state index contributed by atoms with van der Waals surface area (Å²) in [6.07, 6.45) is 3.14. The minimum absolute atomic E-state index is 0.329. The largest absolute Gasteiger partial charge is 0.462 e. The van der Waals surface area contributed by atoms with Gasteiger partial charge in [-0.2, -0.15) is 0 Å². The number of carbonyl (C=O) groups excluding carboxylic acids is 1. The molecule has 0 atom stereocenters. The lowest BCUT2D eigenvalue weighted by molar-refractivity contribution is 0.0528. The molecule has 3 aromatic heterocycles. The van der Waals surface area contributed by atoms with Crippen molar-refractivity contribution in [2.24, 2.45) is 0 Å². The summed E-state index contributed by atoms with van der Waals surface area (Å²) in [5.41, 5.74) is 2.85. The number of hydrogen-bond donors (Lipinski definition) is 1. The third kappa shape index (κ3) is 2.19. The second kappa shape index (κ2) is 5.48. The molecule has 0 unspecified atom stereocenters. The maximum absolute atomic E-state index is 12.2. The number of aromatic nitrogens is 3. The molecular formula is C17H13N3O2S. The molecule has 0 amide bonds. The maximum Gasteiger partial charge on any atom is 0.340 e. The maximum atomic E-state index is 12.2. The Hall–Kier alpha value is -2.73. The van der Waals surface area contributed by atoms with Crippen molar-refractivity contribution >= 4 is 38.4 Å². The normalized spacial score (nSPS) is 11.2. The molecule has 1 aromatic carbocycles. The fraction of sp³-hybridized carbons (Fsp3) is 0.118. The number of hydrogen-bond acceptors (Lipinski definition) is 5. The van der Waals surface area contributed by atoms with Gasteiger partial charge in [-0.15, -0.1) is 11.3 Å². The first kappa shape index (κ1) is 13.9. The van der Waals surface area contributed by atoms with Crippen LogP contribution in [0.5, 0.6) is 0 Å². The van der Waals surface area contributed by atoms with E-state index in [0.717, 1.165) is 16.6 Å². The molecule has 0 bridgehead atoms. The van der Waals surface area contributed by atoms with Gasteiger partial charge in [0.25, 0.3) is 0 Å². The second-order valence-electron chi connectivity index (χ2n) is 5.01. The molecule has 4 rings (SSSR count). The lowest BCUT2D eigenvalue weighted by Gasteiger charge is -2.04. The van der Waals surface area contributed by atoms with Crippen LogP contribution >= 0.6 is 11.3 Å². The number of thiophene rings is 1. The van der Waals surface area contributed by atoms with Gasteiger partial charge in [0.15, 0.2) is 0 Å². The number of aromatic amines is 1. The zero-order valence-corrected chi connectivity index (χ0v) is 13.2. The van der Waals surface area contributed by atoms with E-state index in [-0.39, 0.29) is 5.97 Å². The first-order valence-electron chi connectivity index (χ1n) is 7.25. The molecule has 114 valence electrons. The van der Waals surface area contributed by atoms with E-state index in [0.29, 0.717) is 23.2 Å². The highest BCUT2D eigenvalue weighted by Crippen LogP contribution is 2.36. The first-order valence-corrected chi connectivity index (χ1v) is 8.13. The molecule has 5 nitrogen and oxygen atoms in total. The van der Waals surface area contributed by atoms with Crippen molar-refractivity contribution in [1.82, 2.24) is 15.0 Å². The van der Waals surface area contributed by atoms with Gasteiger partial charge in [-0.25, -0.2) is 14.8 Å². The van der Waals surface area contributed by atoms with Gasteiger partial charge >= 0.3 is 5.97 Å². The zero-order valence-electron chi connectivity index (χ0n) is 12.4. The number of nitrogens with one attached hydrogen (secondary N) is 1. The number of ether oxygens (including phenoxy) is 1. The number of rotatable bonds is 3. The number of nitrogens with zero attached hydrogens (tertiary/aromatic N) is 2. The minimum Gasteiger partial charge on any atom is -0.462 e. The molecule has 0 aliphatic carbocycles. The van der Waals surface area contributed by atoms with Crippen LogP contribution in [0.15, 0.2) is 42.2 Å². The third-order valence-corrected chi connectivity index (χ3v) is 4.66. The van der Waals surface area contributed by atoms with Crippen LogP contribution in [0.25, 0.3) is 32.4 Å². The summed E-state index contributed by atoms with van der Waals surface area (Å²) in [6, 6.07) is 8.15. The molecule has 0 saturated heterocycles. The van der Waals surface area contributed by atoms with Crippen molar-refractivity contribution in [3.05, 3.63) is 47.7 Å². The van der Waals surface area contributed by atoms with E-state index in [1.54, 1.807) is 24.5 Å². The van der Waals surface area contributed by atoms with Gasteiger partial charge in [-0.05, 0) is 13.0 Å². The Morgan fingerprint density at radius 3 is 3.04 bits per heavy atom. The minimum atomic E-state index is -0.366. The Morgan fingerprint density at radius 1 is 1.30 bits per heavy atom. The molecule has 6 heteroatoms. The van der Waals surface area contributed by atoms with E-state index in [1.807, 2.05) is 12.1 Å². The molecule has 0 fully saturated rings. The fourth-order valence-electron chi connectivity index (χ4n) is 2.70. The van der Waals surface area contributed by atoms with Gasteiger partial charge in [-0.1, -0.05) is 18.2 Å². The molecule has 1 N–H and O–H groups in total. The molecule has 4 aromatic rings. The lowest BCUT2D eigenvalue weighted by Crippen LogP contribution is -2.04. The summed E-state index contributed by atoms with van der Waals surface area (Å²) in [7, 11) is 0. The van der Waals surface area contributed by atoms with E-state index in [9.17, 15) is 4.79 Å². The molecule has 0 saturated carbocycles. The van der Waals surface area contributed by atoms with Crippen LogP contribution in [0.1, 0.15) is 17.3 Å². The number of esters is 1. The average molecular weight is 323 g/mol. The lowest BCUT2D eigenvalue weighted by atomic mass is 10.1. The number of fused-ring (bicyclic) bond motifs is 2. The summed E-state index contributed by atoms with van der Waals surface area (Å²) >= 11 is 1.66. The molecular weight excluding hydrogens is 310 g/mol. The van der Waals surface area contributed by atoms with E-state index >= 15 is 0 Å².